The molecule has 0 spiro atoms. The highest BCUT2D eigenvalue weighted by atomic mass is 19.4. The van der Waals surface area contributed by atoms with Crippen molar-refractivity contribution in [3.63, 3.8) is 0 Å². The van der Waals surface area contributed by atoms with Crippen molar-refractivity contribution < 1.29 is 32.5 Å². The number of aliphatic carboxylic acids is 1. The first-order valence-electron chi connectivity index (χ1n) is 4.75. The number of carbonyl (C=O) groups is 1. The highest BCUT2D eigenvalue weighted by molar-refractivity contribution is 5.70. The average Bonchev–Trinajstić information content (AvgIpc) is 2.19. The fourth-order valence-electron chi connectivity index (χ4n) is 1.26. The van der Waals surface area contributed by atoms with E-state index in [4.69, 9.17) is 9.84 Å². The summed E-state index contributed by atoms with van der Waals surface area (Å²) in [6.45, 7) is 1.52. The van der Waals surface area contributed by atoms with Crippen molar-refractivity contribution in [2.75, 3.05) is 7.11 Å². The summed E-state index contributed by atoms with van der Waals surface area (Å²) in [5.74, 6) is -2.21. The van der Waals surface area contributed by atoms with Crippen molar-refractivity contribution >= 4 is 5.97 Å². The molecule has 1 heterocycles. The van der Waals surface area contributed by atoms with Gasteiger partial charge in [-0.15, -0.1) is 13.2 Å². The summed E-state index contributed by atoms with van der Waals surface area (Å²) in [5, 5.41) is 8.61. The number of ether oxygens (including phenoxy) is 2. The van der Waals surface area contributed by atoms with Crippen LogP contribution >= 0.6 is 0 Å². The van der Waals surface area contributed by atoms with Gasteiger partial charge < -0.3 is 14.6 Å². The van der Waals surface area contributed by atoms with Crippen LogP contribution in [0.15, 0.2) is 6.07 Å². The van der Waals surface area contributed by atoms with Gasteiger partial charge in [-0.05, 0) is 18.6 Å². The van der Waals surface area contributed by atoms with Gasteiger partial charge in [-0.3, -0.25) is 4.79 Å². The van der Waals surface area contributed by atoms with Crippen LogP contribution in [0.3, 0.4) is 0 Å². The van der Waals surface area contributed by atoms with Crippen LogP contribution in [-0.4, -0.2) is 29.5 Å². The lowest BCUT2D eigenvalue weighted by Gasteiger charge is -2.13. The van der Waals surface area contributed by atoms with Gasteiger partial charge in [0.25, 0.3) is 5.88 Å². The number of pyridine rings is 1. The number of aryl methyl sites for hydroxylation is 1. The summed E-state index contributed by atoms with van der Waals surface area (Å²) < 4.78 is 44.7. The lowest BCUT2D eigenvalue weighted by atomic mass is 10.1. The maximum atomic E-state index is 12.1. The molecule has 0 radical (unpaired) electrons. The third kappa shape index (κ3) is 3.79. The van der Waals surface area contributed by atoms with Gasteiger partial charge in [-0.1, -0.05) is 0 Å². The van der Waals surface area contributed by atoms with E-state index in [1.807, 2.05) is 0 Å². The van der Waals surface area contributed by atoms with E-state index in [1.165, 1.54) is 13.0 Å². The normalized spacial score (nSPS) is 11.2. The highest BCUT2D eigenvalue weighted by Gasteiger charge is 2.33. The molecular formula is C10H10F3NO4. The molecule has 0 fully saturated rings. The Balaban J connectivity index is 3.17. The molecule has 0 amide bonds. The number of hydrogen-bond donors (Lipinski definition) is 1. The number of alkyl halides is 3. The molecule has 0 aromatic carbocycles. The Kier molecular flexibility index (Phi) is 4.00. The Labute approximate surface area is 100 Å². The second-order valence-corrected chi connectivity index (χ2v) is 3.38. The van der Waals surface area contributed by atoms with E-state index in [9.17, 15) is 18.0 Å². The van der Waals surface area contributed by atoms with Gasteiger partial charge in [-0.25, -0.2) is 4.98 Å². The molecule has 1 aromatic heterocycles. The van der Waals surface area contributed by atoms with Gasteiger partial charge in [-0.2, -0.15) is 0 Å². The number of hydrogen-bond acceptors (Lipinski definition) is 4. The van der Waals surface area contributed by atoms with E-state index >= 15 is 0 Å². The van der Waals surface area contributed by atoms with Crippen molar-refractivity contribution in [3.8, 4) is 11.6 Å². The molecule has 8 heteroatoms. The smallest absolute Gasteiger partial charge is 0.491 e. The summed E-state index contributed by atoms with van der Waals surface area (Å²) >= 11 is 0. The quantitative estimate of drug-likeness (QED) is 0.900. The van der Waals surface area contributed by atoms with E-state index < -0.39 is 24.6 Å². The molecule has 0 atom stereocenters. The maximum Gasteiger partial charge on any atom is 0.574 e. The Morgan fingerprint density at radius 3 is 2.56 bits per heavy atom. The summed E-state index contributed by atoms with van der Waals surface area (Å²) in [7, 11) is 1.16. The van der Waals surface area contributed by atoms with Crippen molar-refractivity contribution in [2.45, 2.75) is 19.7 Å². The topological polar surface area (TPSA) is 68.7 Å². The molecule has 0 saturated carbocycles. The second-order valence-electron chi connectivity index (χ2n) is 3.38. The van der Waals surface area contributed by atoms with Crippen molar-refractivity contribution in [3.05, 3.63) is 17.3 Å². The zero-order valence-corrected chi connectivity index (χ0v) is 9.54. The minimum atomic E-state index is -4.92. The van der Waals surface area contributed by atoms with Crippen LogP contribution in [-0.2, 0) is 11.2 Å². The van der Waals surface area contributed by atoms with Gasteiger partial charge >= 0.3 is 12.3 Å². The molecule has 1 rings (SSSR count). The van der Waals surface area contributed by atoms with E-state index in [-0.39, 0.29) is 11.4 Å². The summed E-state index contributed by atoms with van der Waals surface area (Å²) in [5.41, 5.74) is 0.395. The molecule has 0 aliphatic heterocycles. The first kappa shape index (κ1) is 14.1. The molecule has 18 heavy (non-hydrogen) atoms. The predicted molar refractivity (Wildman–Crippen MR) is 53.5 cm³/mol. The third-order valence-electron chi connectivity index (χ3n) is 2.00. The fourth-order valence-corrected chi connectivity index (χ4v) is 1.26. The van der Waals surface area contributed by atoms with E-state index in [2.05, 4.69) is 9.72 Å². The fraction of sp³-hybridized carbons (Fsp3) is 0.400. The average molecular weight is 265 g/mol. The van der Waals surface area contributed by atoms with E-state index in [1.54, 1.807) is 0 Å². The largest absolute Gasteiger partial charge is 0.574 e. The molecule has 0 bridgehead atoms. The first-order chi connectivity index (χ1) is 8.23. The highest BCUT2D eigenvalue weighted by Crippen LogP contribution is 2.31. The summed E-state index contributed by atoms with van der Waals surface area (Å²) in [6.07, 6.45) is -5.42. The number of nitrogens with zero attached hydrogens (tertiary/aromatic N) is 1. The molecule has 1 N–H and O–H groups in total. The number of rotatable bonds is 4. The second kappa shape index (κ2) is 5.11. The standard InChI is InChI=1S/C10H10F3NO4/c1-5-3-7(17-2)9(18-10(11,12)13)14-6(5)4-8(15)16/h3H,4H2,1-2H3,(H,15,16). The molecule has 0 aliphatic rings. The third-order valence-corrected chi connectivity index (χ3v) is 2.00. The number of halogens is 3. The van der Waals surface area contributed by atoms with Crippen LogP contribution in [0.5, 0.6) is 11.6 Å². The van der Waals surface area contributed by atoms with Crippen molar-refractivity contribution in [1.29, 1.82) is 0 Å². The number of carboxylic acids is 1. The summed E-state index contributed by atoms with van der Waals surface area (Å²) in [6, 6.07) is 1.24. The van der Waals surface area contributed by atoms with Crippen LogP contribution in [0.25, 0.3) is 0 Å². The van der Waals surface area contributed by atoms with E-state index in [0.717, 1.165) is 7.11 Å². The zero-order chi connectivity index (χ0) is 13.9. The predicted octanol–water partition coefficient (Wildman–Crippen LogP) is 1.92. The van der Waals surface area contributed by atoms with Gasteiger partial charge in [0.15, 0.2) is 5.75 Å². The first-order valence-corrected chi connectivity index (χ1v) is 4.75. The lowest BCUT2D eigenvalue weighted by Crippen LogP contribution is -2.19. The van der Waals surface area contributed by atoms with Crippen molar-refractivity contribution in [1.82, 2.24) is 4.98 Å². The zero-order valence-electron chi connectivity index (χ0n) is 9.54. The molecule has 0 saturated heterocycles. The van der Waals surface area contributed by atoms with Crippen LogP contribution in [0.2, 0.25) is 0 Å². The van der Waals surface area contributed by atoms with Gasteiger partial charge in [0, 0.05) is 0 Å². The van der Waals surface area contributed by atoms with Crippen LogP contribution in [0.1, 0.15) is 11.3 Å². The van der Waals surface area contributed by atoms with Crippen LogP contribution in [0, 0.1) is 6.92 Å². The molecule has 5 nitrogen and oxygen atoms in total. The Morgan fingerprint density at radius 1 is 1.50 bits per heavy atom. The number of methoxy groups -OCH3 is 1. The number of aromatic nitrogens is 1. The van der Waals surface area contributed by atoms with Crippen LogP contribution < -0.4 is 9.47 Å². The maximum absolute atomic E-state index is 12.1. The molecule has 0 unspecified atom stereocenters. The Bertz CT molecular complexity index is 459. The van der Waals surface area contributed by atoms with Crippen LogP contribution in [0.4, 0.5) is 13.2 Å². The minimum Gasteiger partial charge on any atom is -0.491 e. The minimum absolute atomic E-state index is 0.0115. The molecule has 1 aromatic rings. The molecular weight excluding hydrogens is 255 g/mol. The van der Waals surface area contributed by atoms with Gasteiger partial charge in [0.05, 0.1) is 19.2 Å². The number of carboxylic acid groups (broad SMARTS) is 1. The lowest BCUT2D eigenvalue weighted by molar-refractivity contribution is -0.276. The SMILES string of the molecule is COc1cc(C)c(CC(=O)O)nc1OC(F)(F)F. The Morgan fingerprint density at radius 2 is 2.11 bits per heavy atom. The molecule has 100 valence electrons. The van der Waals surface area contributed by atoms with E-state index in [0.29, 0.717) is 5.56 Å². The van der Waals surface area contributed by atoms with Gasteiger partial charge in [0.1, 0.15) is 0 Å². The van der Waals surface area contributed by atoms with Crippen molar-refractivity contribution in [2.24, 2.45) is 0 Å². The summed E-state index contributed by atoms with van der Waals surface area (Å²) in [4.78, 5) is 14.1. The van der Waals surface area contributed by atoms with Gasteiger partial charge in [0.2, 0.25) is 0 Å². The Hall–Kier alpha value is -1.99. The molecule has 0 aliphatic carbocycles. The monoisotopic (exact) mass is 265 g/mol.